The number of halogens is 3. The Balaban J connectivity index is 1.90. The van der Waals surface area contributed by atoms with Crippen LogP contribution in [0.4, 0.5) is 14.5 Å². The summed E-state index contributed by atoms with van der Waals surface area (Å²) in [4.78, 5) is 0. The second-order valence-corrected chi connectivity index (χ2v) is 4.52. The molecular weight excluding hydrogens is 276 g/mol. The third kappa shape index (κ3) is 4.28. The molecular formula is C13H14ClF2NO2. The molecule has 1 atom stereocenters. The van der Waals surface area contributed by atoms with Crippen LogP contribution in [-0.2, 0) is 4.74 Å². The molecule has 1 heterocycles. The van der Waals surface area contributed by atoms with Crippen molar-refractivity contribution in [1.29, 1.82) is 0 Å². The van der Waals surface area contributed by atoms with E-state index in [1.54, 1.807) is 18.4 Å². The summed E-state index contributed by atoms with van der Waals surface area (Å²) in [6.07, 6.45) is 5.73. The summed E-state index contributed by atoms with van der Waals surface area (Å²) in [7, 11) is 0. The van der Waals surface area contributed by atoms with Crippen LogP contribution in [0.5, 0.6) is 5.75 Å². The van der Waals surface area contributed by atoms with E-state index in [9.17, 15) is 8.78 Å². The van der Waals surface area contributed by atoms with Gasteiger partial charge in [0, 0.05) is 5.69 Å². The zero-order valence-corrected chi connectivity index (χ0v) is 10.9. The van der Waals surface area contributed by atoms with E-state index < -0.39 is 6.61 Å². The minimum absolute atomic E-state index is 0.0286. The number of rotatable bonds is 5. The van der Waals surface area contributed by atoms with Crippen molar-refractivity contribution >= 4 is 17.3 Å². The Morgan fingerprint density at radius 1 is 1.47 bits per heavy atom. The molecule has 0 aromatic heterocycles. The fourth-order valence-corrected chi connectivity index (χ4v) is 1.99. The Hall–Kier alpha value is -1.49. The first-order valence-corrected chi connectivity index (χ1v) is 6.31. The van der Waals surface area contributed by atoms with E-state index in [1.165, 1.54) is 6.07 Å². The molecule has 1 unspecified atom stereocenters. The Kier molecular flexibility index (Phi) is 4.85. The summed E-state index contributed by atoms with van der Waals surface area (Å²) < 4.78 is 33.8. The molecule has 1 aromatic rings. The van der Waals surface area contributed by atoms with Crippen LogP contribution >= 0.6 is 11.6 Å². The van der Waals surface area contributed by atoms with E-state index in [2.05, 4.69) is 10.1 Å². The quantitative estimate of drug-likeness (QED) is 0.887. The third-order valence-corrected chi connectivity index (χ3v) is 3.00. The highest BCUT2D eigenvalue weighted by atomic mass is 35.5. The zero-order valence-electron chi connectivity index (χ0n) is 10.1. The number of hydrogen-bond donors (Lipinski definition) is 1. The molecule has 3 nitrogen and oxygen atoms in total. The highest BCUT2D eigenvalue weighted by molar-refractivity contribution is 6.32. The van der Waals surface area contributed by atoms with Gasteiger partial charge < -0.3 is 14.8 Å². The lowest BCUT2D eigenvalue weighted by atomic mass is 10.1. The number of benzene rings is 1. The van der Waals surface area contributed by atoms with Gasteiger partial charge in [-0.25, -0.2) is 0 Å². The van der Waals surface area contributed by atoms with E-state index in [0.717, 1.165) is 18.5 Å². The van der Waals surface area contributed by atoms with E-state index in [0.29, 0.717) is 6.54 Å². The fraction of sp³-hybridized carbons (Fsp3) is 0.385. The molecule has 0 amide bonds. The topological polar surface area (TPSA) is 30.5 Å². The normalized spacial score (nSPS) is 18.2. The second-order valence-electron chi connectivity index (χ2n) is 4.11. The van der Waals surface area contributed by atoms with Gasteiger partial charge in [0.25, 0.3) is 0 Å². The SMILES string of the molecule is FC(F)Oc1ccc(NCC2CCC=CO2)cc1Cl. The zero-order chi connectivity index (χ0) is 13.7. The first-order chi connectivity index (χ1) is 9.15. The van der Waals surface area contributed by atoms with Crippen LogP contribution in [0.15, 0.2) is 30.5 Å². The van der Waals surface area contributed by atoms with Gasteiger partial charge in [-0.05, 0) is 37.1 Å². The van der Waals surface area contributed by atoms with Gasteiger partial charge in [0.1, 0.15) is 11.9 Å². The highest BCUT2D eigenvalue weighted by Gasteiger charge is 2.12. The molecule has 0 radical (unpaired) electrons. The molecule has 0 saturated carbocycles. The number of ether oxygens (including phenoxy) is 2. The van der Waals surface area contributed by atoms with Crippen LogP contribution in [0.2, 0.25) is 5.02 Å². The number of hydrogen-bond acceptors (Lipinski definition) is 3. The highest BCUT2D eigenvalue weighted by Crippen LogP contribution is 2.29. The van der Waals surface area contributed by atoms with Gasteiger partial charge in [-0.1, -0.05) is 11.6 Å². The van der Waals surface area contributed by atoms with E-state index in [-0.39, 0.29) is 16.9 Å². The Bertz CT molecular complexity index is 454. The van der Waals surface area contributed by atoms with Gasteiger partial charge >= 0.3 is 6.61 Å². The maximum atomic E-state index is 12.1. The third-order valence-electron chi connectivity index (χ3n) is 2.70. The fourth-order valence-electron chi connectivity index (χ4n) is 1.77. The van der Waals surface area contributed by atoms with Crippen molar-refractivity contribution in [2.45, 2.75) is 25.6 Å². The molecule has 104 valence electrons. The summed E-state index contributed by atoms with van der Waals surface area (Å²) in [6.45, 7) is -2.24. The van der Waals surface area contributed by atoms with Gasteiger partial charge in [0.05, 0.1) is 17.8 Å². The molecule has 6 heteroatoms. The van der Waals surface area contributed by atoms with Crippen molar-refractivity contribution in [1.82, 2.24) is 0 Å². The molecule has 2 rings (SSSR count). The molecule has 0 aliphatic carbocycles. The van der Waals surface area contributed by atoms with Crippen LogP contribution in [0, 0.1) is 0 Å². The van der Waals surface area contributed by atoms with Gasteiger partial charge in [-0.3, -0.25) is 0 Å². The first-order valence-electron chi connectivity index (χ1n) is 5.94. The monoisotopic (exact) mass is 289 g/mol. The Labute approximate surface area is 115 Å². The van der Waals surface area contributed by atoms with Crippen molar-refractivity contribution in [3.8, 4) is 5.75 Å². The van der Waals surface area contributed by atoms with Crippen LogP contribution in [0.3, 0.4) is 0 Å². The Morgan fingerprint density at radius 2 is 2.32 bits per heavy atom. The average Bonchev–Trinajstić information content (AvgIpc) is 2.40. The predicted molar refractivity (Wildman–Crippen MR) is 69.8 cm³/mol. The maximum Gasteiger partial charge on any atom is 0.387 e. The van der Waals surface area contributed by atoms with Crippen LogP contribution in [0.25, 0.3) is 0 Å². The number of nitrogens with one attached hydrogen (secondary N) is 1. The lowest BCUT2D eigenvalue weighted by Crippen LogP contribution is -2.22. The smallest absolute Gasteiger partial charge is 0.387 e. The van der Waals surface area contributed by atoms with Crippen LogP contribution in [-0.4, -0.2) is 19.3 Å². The van der Waals surface area contributed by atoms with E-state index in [1.807, 2.05) is 6.08 Å². The molecule has 1 aliphatic heterocycles. The summed E-state index contributed by atoms with van der Waals surface area (Å²) in [5.74, 6) is -0.0286. The van der Waals surface area contributed by atoms with Gasteiger partial charge in [0.15, 0.2) is 0 Å². The van der Waals surface area contributed by atoms with E-state index >= 15 is 0 Å². The molecule has 0 saturated heterocycles. The first kappa shape index (κ1) is 13.9. The van der Waals surface area contributed by atoms with Crippen molar-refractivity contribution in [2.24, 2.45) is 0 Å². The number of allylic oxidation sites excluding steroid dienone is 1. The Morgan fingerprint density at radius 3 is 2.95 bits per heavy atom. The van der Waals surface area contributed by atoms with Crippen molar-refractivity contribution in [2.75, 3.05) is 11.9 Å². The van der Waals surface area contributed by atoms with Crippen molar-refractivity contribution in [3.63, 3.8) is 0 Å². The standard InChI is InChI=1S/C13H14ClF2NO2/c14-11-7-9(4-5-12(11)19-13(15)16)17-8-10-3-1-2-6-18-10/h2,4-7,10,13,17H,1,3,8H2. The summed E-state index contributed by atoms with van der Waals surface area (Å²) in [5.41, 5.74) is 0.741. The number of anilines is 1. The lowest BCUT2D eigenvalue weighted by Gasteiger charge is -2.20. The van der Waals surface area contributed by atoms with Crippen LogP contribution in [0.1, 0.15) is 12.8 Å². The summed E-state index contributed by atoms with van der Waals surface area (Å²) in [5, 5.41) is 3.30. The molecule has 0 spiro atoms. The number of alkyl halides is 2. The minimum atomic E-state index is -2.88. The summed E-state index contributed by atoms with van der Waals surface area (Å²) >= 11 is 5.85. The lowest BCUT2D eigenvalue weighted by molar-refractivity contribution is -0.0497. The van der Waals surface area contributed by atoms with Crippen LogP contribution < -0.4 is 10.1 Å². The minimum Gasteiger partial charge on any atom is -0.497 e. The molecule has 19 heavy (non-hydrogen) atoms. The van der Waals surface area contributed by atoms with Gasteiger partial charge in [0.2, 0.25) is 0 Å². The van der Waals surface area contributed by atoms with E-state index in [4.69, 9.17) is 16.3 Å². The maximum absolute atomic E-state index is 12.1. The van der Waals surface area contributed by atoms with Gasteiger partial charge in [-0.2, -0.15) is 8.78 Å². The molecule has 0 fully saturated rings. The summed E-state index contributed by atoms with van der Waals surface area (Å²) in [6, 6.07) is 4.61. The molecule has 1 N–H and O–H groups in total. The van der Waals surface area contributed by atoms with Gasteiger partial charge in [-0.15, -0.1) is 0 Å². The van der Waals surface area contributed by atoms with Crippen molar-refractivity contribution < 1.29 is 18.3 Å². The predicted octanol–water partition coefficient (Wildman–Crippen LogP) is 4.05. The average molecular weight is 290 g/mol. The second kappa shape index (κ2) is 6.61. The molecule has 1 aromatic carbocycles. The molecule has 0 bridgehead atoms. The largest absolute Gasteiger partial charge is 0.497 e. The van der Waals surface area contributed by atoms with Crippen molar-refractivity contribution in [3.05, 3.63) is 35.6 Å². The molecule has 1 aliphatic rings.